The van der Waals surface area contributed by atoms with Gasteiger partial charge in [-0.2, -0.15) is 0 Å². The smallest absolute Gasteiger partial charge is 0.321 e. The van der Waals surface area contributed by atoms with Gasteiger partial charge in [0.2, 0.25) is 5.91 Å². The highest BCUT2D eigenvalue weighted by molar-refractivity contribution is 9.10. The van der Waals surface area contributed by atoms with Crippen molar-refractivity contribution < 1.29 is 14.0 Å². The molecule has 1 aromatic carbocycles. The van der Waals surface area contributed by atoms with E-state index in [4.69, 9.17) is 0 Å². The van der Waals surface area contributed by atoms with Crippen LogP contribution in [-0.2, 0) is 4.79 Å². The van der Waals surface area contributed by atoms with Gasteiger partial charge in [-0.15, -0.1) is 0 Å². The van der Waals surface area contributed by atoms with Crippen LogP contribution in [0.15, 0.2) is 22.7 Å². The lowest BCUT2D eigenvalue weighted by molar-refractivity contribution is -0.121. The molecule has 23 heavy (non-hydrogen) atoms. The van der Waals surface area contributed by atoms with Crippen molar-refractivity contribution in [1.29, 1.82) is 0 Å². The molecule has 0 saturated carbocycles. The molecule has 0 bridgehead atoms. The summed E-state index contributed by atoms with van der Waals surface area (Å²) >= 11 is 3.18. The van der Waals surface area contributed by atoms with Gasteiger partial charge in [-0.1, -0.05) is 22.9 Å². The van der Waals surface area contributed by atoms with E-state index < -0.39 is 5.82 Å². The Balaban J connectivity index is 1.90. The van der Waals surface area contributed by atoms with Crippen molar-refractivity contribution >= 4 is 33.6 Å². The minimum Gasteiger partial charge on any atom is -0.356 e. The van der Waals surface area contributed by atoms with Crippen molar-refractivity contribution in [3.05, 3.63) is 28.5 Å². The number of benzene rings is 1. The number of rotatable bonds is 4. The van der Waals surface area contributed by atoms with Crippen molar-refractivity contribution in [1.82, 2.24) is 10.2 Å². The van der Waals surface area contributed by atoms with Crippen molar-refractivity contribution in [2.45, 2.75) is 26.2 Å². The minimum absolute atomic E-state index is 0.0171. The number of piperidine rings is 1. The first-order valence-electron chi connectivity index (χ1n) is 7.77. The van der Waals surface area contributed by atoms with Gasteiger partial charge in [0.25, 0.3) is 0 Å². The maximum Gasteiger partial charge on any atom is 0.321 e. The van der Waals surface area contributed by atoms with Crippen LogP contribution in [0.5, 0.6) is 0 Å². The fourth-order valence-electron chi connectivity index (χ4n) is 2.58. The number of anilines is 1. The second kappa shape index (κ2) is 8.29. The maximum atomic E-state index is 13.8. The van der Waals surface area contributed by atoms with Gasteiger partial charge in [-0.25, -0.2) is 9.18 Å². The molecule has 0 unspecified atom stereocenters. The summed E-state index contributed by atoms with van der Waals surface area (Å²) in [7, 11) is 0. The van der Waals surface area contributed by atoms with E-state index in [2.05, 4.69) is 26.6 Å². The number of hydrogen-bond donors (Lipinski definition) is 2. The summed E-state index contributed by atoms with van der Waals surface area (Å²) in [5.74, 6) is -0.222. The Morgan fingerprint density at radius 2 is 2.22 bits per heavy atom. The summed E-state index contributed by atoms with van der Waals surface area (Å²) in [6, 6.07) is 4.21. The van der Waals surface area contributed by atoms with Gasteiger partial charge in [-0.05, 0) is 37.0 Å². The van der Waals surface area contributed by atoms with Gasteiger partial charge in [0.05, 0.1) is 5.69 Å². The van der Waals surface area contributed by atoms with Gasteiger partial charge >= 0.3 is 6.03 Å². The minimum atomic E-state index is -0.475. The second-order valence-electron chi connectivity index (χ2n) is 5.67. The van der Waals surface area contributed by atoms with Gasteiger partial charge < -0.3 is 15.5 Å². The quantitative estimate of drug-likeness (QED) is 0.834. The zero-order valence-electron chi connectivity index (χ0n) is 13.1. The molecular formula is C16H21BrFN3O2. The molecule has 1 saturated heterocycles. The highest BCUT2D eigenvalue weighted by Gasteiger charge is 2.24. The lowest BCUT2D eigenvalue weighted by Crippen LogP contribution is -2.45. The fourth-order valence-corrected chi connectivity index (χ4v) is 2.92. The average Bonchev–Trinajstić information content (AvgIpc) is 2.55. The van der Waals surface area contributed by atoms with Gasteiger partial charge in [0.1, 0.15) is 5.82 Å². The average molecular weight is 386 g/mol. The molecule has 0 aromatic heterocycles. The summed E-state index contributed by atoms with van der Waals surface area (Å²) < 4.78 is 14.4. The van der Waals surface area contributed by atoms with E-state index in [0.29, 0.717) is 30.5 Å². The van der Waals surface area contributed by atoms with Crippen LogP contribution in [0.2, 0.25) is 0 Å². The summed E-state index contributed by atoms with van der Waals surface area (Å²) in [6.07, 6.45) is 2.31. The molecule has 7 heteroatoms. The number of carbonyl (C=O) groups excluding carboxylic acids is 2. The molecular weight excluding hydrogens is 365 g/mol. The summed E-state index contributed by atoms with van der Waals surface area (Å²) in [6.45, 7) is 3.59. The Kier molecular flexibility index (Phi) is 6.38. The molecule has 0 aliphatic carbocycles. The molecule has 3 amide bonds. The highest BCUT2D eigenvalue weighted by atomic mass is 79.9. The topological polar surface area (TPSA) is 61.4 Å². The van der Waals surface area contributed by atoms with Crippen LogP contribution in [0.4, 0.5) is 14.9 Å². The van der Waals surface area contributed by atoms with Crippen LogP contribution in [-0.4, -0.2) is 36.5 Å². The molecule has 5 nitrogen and oxygen atoms in total. The molecule has 2 rings (SSSR count). The van der Waals surface area contributed by atoms with Gasteiger partial charge in [-0.3, -0.25) is 4.79 Å². The highest BCUT2D eigenvalue weighted by Crippen LogP contribution is 2.21. The van der Waals surface area contributed by atoms with Gasteiger partial charge in [0, 0.05) is 30.5 Å². The molecule has 1 atom stereocenters. The van der Waals surface area contributed by atoms with Crippen LogP contribution >= 0.6 is 15.9 Å². The predicted octanol–water partition coefficient (Wildman–Crippen LogP) is 3.36. The zero-order valence-corrected chi connectivity index (χ0v) is 14.7. The molecule has 1 aromatic rings. The van der Waals surface area contributed by atoms with E-state index in [1.807, 2.05) is 6.92 Å². The van der Waals surface area contributed by atoms with E-state index >= 15 is 0 Å². The third-order valence-corrected chi connectivity index (χ3v) is 4.38. The Morgan fingerprint density at radius 3 is 2.91 bits per heavy atom. The van der Waals surface area contributed by atoms with E-state index in [-0.39, 0.29) is 23.5 Å². The van der Waals surface area contributed by atoms with E-state index in [0.717, 1.165) is 12.8 Å². The number of nitrogens with one attached hydrogen (secondary N) is 2. The lowest BCUT2D eigenvalue weighted by atomic mass is 9.98. The third kappa shape index (κ3) is 5.20. The Hall–Kier alpha value is -1.63. The third-order valence-electron chi connectivity index (χ3n) is 3.89. The SMILES string of the molecule is CCC(=O)NC[C@H]1CCCN(C(=O)Nc2ccc(Br)cc2F)C1. The van der Waals surface area contributed by atoms with Crippen molar-refractivity contribution in [3.8, 4) is 0 Å². The van der Waals surface area contributed by atoms with Crippen LogP contribution in [0, 0.1) is 11.7 Å². The molecule has 1 fully saturated rings. The number of nitrogens with zero attached hydrogens (tertiary/aromatic N) is 1. The summed E-state index contributed by atoms with van der Waals surface area (Å²) in [4.78, 5) is 25.3. The first-order chi connectivity index (χ1) is 11.0. The van der Waals surface area contributed by atoms with E-state index in [1.54, 1.807) is 11.0 Å². The number of likely N-dealkylation sites (tertiary alicyclic amines) is 1. The molecule has 0 spiro atoms. The van der Waals surface area contributed by atoms with Crippen molar-refractivity contribution in [3.63, 3.8) is 0 Å². The lowest BCUT2D eigenvalue weighted by Gasteiger charge is -2.32. The number of hydrogen-bond acceptors (Lipinski definition) is 2. The van der Waals surface area contributed by atoms with Crippen LogP contribution in [0.1, 0.15) is 26.2 Å². The van der Waals surface area contributed by atoms with Gasteiger partial charge in [0.15, 0.2) is 0 Å². The Labute approximate surface area is 143 Å². The van der Waals surface area contributed by atoms with Crippen molar-refractivity contribution in [2.75, 3.05) is 25.0 Å². The number of halogens is 2. The van der Waals surface area contributed by atoms with Crippen LogP contribution in [0.25, 0.3) is 0 Å². The summed E-state index contributed by atoms with van der Waals surface area (Å²) in [5.41, 5.74) is 0.166. The molecule has 1 aliphatic rings. The molecule has 126 valence electrons. The number of urea groups is 1. The first-order valence-corrected chi connectivity index (χ1v) is 8.56. The molecule has 1 heterocycles. The Bertz CT molecular complexity index is 582. The van der Waals surface area contributed by atoms with E-state index in [9.17, 15) is 14.0 Å². The normalized spacial score (nSPS) is 17.7. The largest absolute Gasteiger partial charge is 0.356 e. The molecule has 1 aliphatic heterocycles. The predicted molar refractivity (Wildman–Crippen MR) is 90.7 cm³/mol. The molecule has 0 radical (unpaired) electrons. The zero-order chi connectivity index (χ0) is 16.8. The standard InChI is InChI=1S/C16H21BrFN3O2/c1-2-15(22)19-9-11-4-3-7-21(10-11)16(23)20-14-6-5-12(17)8-13(14)18/h5-6,8,11H,2-4,7,9-10H2,1H3,(H,19,22)(H,20,23)/t11-/m1/s1. The maximum absolute atomic E-state index is 13.8. The fraction of sp³-hybridized carbons (Fsp3) is 0.500. The monoisotopic (exact) mass is 385 g/mol. The van der Waals surface area contributed by atoms with E-state index in [1.165, 1.54) is 12.1 Å². The second-order valence-corrected chi connectivity index (χ2v) is 6.58. The van der Waals surface area contributed by atoms with Crippen LogP contribution < -0.4 is 10.6 Å². The molecule has 2 N–H and O–H groups in total. The number of carbonyl (C=O) groups is 2. The first kappa shape index (κ1) is 17.7. The summed E-state index contributed by atoms with van der Waals surface area (Å²) in [5, 5.41) is 5.47. The Morgan fingerprint density at radius 1 is 1.43 bits per heavy atom. The van der Waals surface area contributed by atoms with Crippen LogP contribution in [0.3, 0.4) is 0 Å². The van der Waals surface area contributed by atoms with Crippen molar-refractivity contribution in [2.24, 2.45) is 5.92 Å². The number of amides is 3.